The summed E-state index contributed by atoms with van der Waals surface area (Å²) in [6.07, 6.45) is 2.30. The third-order valence-electron chi connectivity index (χ3n) is 1.78. The number of carbonyl (C=O) groups excluding carboxylic acids is 1. The Morgan fingerprint density at radius 2 is 2.31 bits per heavy atom. The van der Waals surface area contributed by atoms with Crippen molar-refractivity contribution in [2.24, 2.45) is 0 Å². The summed E-state index contributed by atoms with van der Waals surface area (Å²) in [6, 6.07) is 5.90. The van der Waals surface area contributed by atoms with Crippen molar-refractivity contribution in [2.45, 2.75) is 12.8 Å². The Bertz CT molecular complexity index is 297. The second-order valence-corrected chi connectivity index (χ2v) is 3.82. The summed E-state index contributed by atoms with van der Waals surface area (Å²) in [6.45, 7) is 0. The van der Waals surface area contributed by atoms with E-state index in [1.807, 2.05) is 18.2 Å². The van der Waals surface area contributed by atoms with Crippen LogP contribution in [-0.2, 0) is 11.2 Å². The molecule has 70 valence electrons. The molecule has 1 aromatic carbocycles. The zero-order valence-corrected chi connectivity index (χ0v) is 9.58. The lowest BCUT2D eigenvalue weighted by atomic mass is 10.1. The standard InChI is InChI=1S/C10H11IO2/c1-13-9-4-5-10(11)8(7-9)3-2-6-12/h4-7H,2-3H2,1H3. The van der Waals surface area contributed by atoms with Gasteiger partial charge < -0.3 is 9.53 Å². The first kappa shape index (κ1) is 10.5. The summed E-state index contributed by atoms with van der Waals surface area (Å²) >= 11 is 2.26. The number of aldehydes is 1. The van der Waals surface area contributed by atoms with Crippen LogP contribution in [0.25, 0.3) is 0 Å². The van der Waals surface area contributed by atoms with Gasteiger partial charge in [0.15, 0.2) is 0 Å². The van der Waals surface area contributed by atoms with Crippen LogP contribution in [0.2, 0.25) is 0 Å². The summed E-state index contributed by atoms with van der Waals surface area (Å²) in [5.74, 6) is 0.848. The minimum Gasteiger partial charge on any atom is -0.497 e. The summed E-state index contributed by atoms with van der Waals surface area (Å²) in [4.78, 5) is 10.2. The first-order chi connectivity index (χ1) is 6.27. The summed E-state index contributed by atoms with van der Waals surface area (Å²) in [7, 11) is 1.64. The predicted octanol–water partition coefficient (Wildman–Crippen LogP) is 2.43. The fraction of sp³-hybridized carbons (Fsp3) is 0.300. The van der Waals surface area contributed by atoms with Gasteiger partial charge in [0.25, 0.3) is 0 Å². The Kier molecular flexibility index (Phi) is 4.21. The van der Waals surface area contributed by atoms with Crippen molar-refractivity contribution in [3.8, 4) is 5.75 Å². The van der Waals surface area contributed by atoms with E-state index >= 15 is 0 Å². The van der Waals surface area contributed by atoms with E-state index in [9.17, 15) is 4.79 Å². The van der Waals surface area contributed by atoms with Crippen LogP contribution >= 0.6 is 22.6 Å². The van der Waals surface area contributed by atoms with Crippen LogP contribution in [-0.4, -0.2) is 13.4 Å². The number of carbonyl (C=O) groups is 1. The van der Waals surface area contributed by atoms with Gasteiger partial charge in [0.05, 0.1) is 7.11 Å². The lowest BCUT2D eigenvalue weighted by molar-refractivity contribution is -0.107. The SMILES string of the molecule is COc1ccc(I)c(CCC=O)c1. The largest absolute Gasteiger partial charge is 0.497 e. The monoisotopic (exact) mass is 290 g/mol. The van der Waals surface area contributed by atoms with Crippen molar-refractivity contribution in [1.82, 2.24) is 0 Å². The highest BCUT2D eigenvalue weighted by Gasteiger charge is 2.01. The number of methoxy groups -OCH3 is 1. The molecule has 1 rings (SSSR count). The molecule has 0 aliphatic heterocycles. The molecule has 0 bridgehead atoms. The average molecular weight is 290 g/mol. The van der Waals surface area contributed by atoms with Crippen molar-refractivity contribution in [1.29, 1.82) is 0 Å². The second-order valence-electron chi connectivity index (χ2n) is 2.66. The molecule has 0 radical (unpaired) electrons. The quantitative estimate of drug-likeness (QED) is 0.629. The van der Waals surface area contributed by atoms with Gasteiger partial charge in [-0.25, -0.2) is 0 Å². The van der Waals surface area contributed by atoms with Gasteiger partial charge in [0.2, 0.25) is 0 Å². The summed E-state index contributed by atoms with van der Waals surface area (Å²) in [5, 5.41) is 0. The summed E-state index contributed by atoms with van der Waals surface area (Å²) < 4.78 is 6.28. The Labute approximate surface area is 91.4 Å². The molecule has 0 heterocycles. The van der Waals surface area contributed by atoms with Crippen molar-refractivity contribution in [2.75, 3.05) is 7.11 Å². The van der Waals surface area contributed by atoms with E-state index in [0.717, 1.165) is 18.5 Å². The molecule has 0 aromatic heterocycles. The molecule has 13 heavy (non-hydrogen) atoms. The number of hydrogen-bond acceptors (Lipinski definition) is 2. The number of hydrogen-bond donors (Lipinski definition) is 0. The fourth-order valence-electron chi connectivity index (χ4n) is 1.08. The van der Waals surface area contributed by atoms with Gasteiger partial charge in [-0.05, 0) is 52.8 Å². The van der Waals surface area contributed by atoms with Crippen LogP contribution in [0.4, 0.5) is 0 Å². The smallest absolute Gasteiger partial charge is 0.120 e. The van der Waals surface area contributed by atoms with Gasteiger partial charge in [0, 0.05) is 9.99 Å². The van der Waals surface area contributed by atoms with Crippen LogP contribution in [0.5, 0.6) is 5.75 Å². The molecule has 3 heteroatoms. The molecule has 0 saturated heterocycles. The molecular formula is C10H11IO2. The predicted molar refractivity (Wildman–Crippen MR) is 60.1 cm³/mol. The zero-order valence-electron chi connectivity index (χ0n) is 7.42. The Morgan fingerprint density at radius 3 is 2.92 bits per heavy atom. The Balaban J connectivity index is 2.83. The maximum absolute atomic E-state index is 10.2. The van der Waals surface area contributed by atoms with Crippen molar-refractivity contribution in [3.05, 3.63) is 27.3 Å². The minimum absolute atomic E-state index is 0.573. The highest BCUT2D eigenvalue weighted by molar-refractivity contribution is 14.1. The van der Waals surface area contributed by atoms with E-state index in [1.54, 1.807) is 7.11 Å². The van der Waals surface area contributed by atoms with Crippen molar-refractivity contribution >= 4 is 28.9 Å². The highest BCUT2D eigenvalue weighted by Crippen LogP contribution is 2.20. The summed E-state index contributed by atoms with van der Waals surface area (Å²) in [5.41, 5.74) is 1.17. The molecule has 0 saturated carbocycles. The molecule has 0 amide bonds. The second kappa shape index (κ2) is 5.21. The first-order valence-corrected chi connectivity index (χ1v) is 5.12. The van der Waals surface area contributed by atoms with Gasteiger partial charge in [-0.15, -0.1) is 0 Å². The Hall–Kier alpha value is -0.580. The molecule has 0 aliphatic carbocycles. The number of rotatable bonds is 4. The number of benzene rings is 1. The molecule has 0 N–H and O–H groups in total. The van der Waals surface area contributed by atoms with E-state index in [1.165, 1.54) is 9.13 Å². The minimum atomic E-state index is 0.573. The third kappa shape index (κ3) is 2.99. The number of ether oxygens (including phenoxy) is 1. The van der Waals surface area contributed by atoms with Crippen molar-refractivity contribution < 1.29 is 9.53 Å². The molecule has 0 spiro atoms. The number of aryl methyl sites for hydroxylation is 1. The Morgan fingerprint density at radius 1 is 1.54 bits per heavy atom. The van der Waals surface area contributed by atoms with Crippen LogP contribution in [0.15, 0.2) is 18.2 Å². The molecule has 1 aromatic rings. The molecular weight excluding hydrogens is 279 g/mol. The van der Waals surface area contributed by atoms with E-state index in [2.05, 4.69) is 22.6 Å². The van der Waals surface area contributed by atoms with Crippen LogP contribution < -0.4 is 4.74 Å². The van der Waals surface area contributed by atoms with Crippen LogP contribution in [0.3, 0.4) is 0 Å². The van der Waals surface area contributed by atoms with Crippen LogP contribution in [0, 0.1) is 3.57 Å². The van der Waals surface area contributed by atoms with Crippen molar-refractivity contribution in [3.63, 3.8) is 0 Å². The lowest BCUT2D eigenvalue weighted by Gasteiger charge is -2.05. The van der Waals surface area contributed by atoms with Gasteiger partial charge in [-0.2, -0.15) is 0 Å². The normalized spacial score (nSPS) is 9.69. The topological polar surface area (TPSA) is 26.3 Å². The molecule has 0 aliphatic rings. The fourth-order valence-corrected chi connectivity index (χ4v) is 1.69. The molecule has 2 nitrogen and oxygen atoms in total. The first-order valence-electron chi connectivity index (χ1n) is 4.04. The van der Waals surface area contributed by atoms with E-state index in [0.29, 0.717) is 6.42 Å². The molecule has 0 atom stereocenters. The van der Waals surface area contributed by atoms with Gasteiger partial charge in [0.1, 0.15) is 12.0 Å². The number of halogens is 1. The van der Waals surface area contributed by atoms with E-state index in [-0.39, 0.29) is 0 Å². The average Bonchev–Trinajstić information content (AvgIpc) is 2.17. The molecule has 0 fully saturated rings. The van der Waals surface area contributed by atoms with E-state index < -0.39 is 0 Å². The lowest BCUT2D eigenvalue weighted by Crippen LogP contribution is -1.92. The maximum Gasteiger partial charge on any atom is 0.120 e. The van der Waals surface area contributed by atoms with Gasteiger partial charge >= 0.3 is 0 Å². The van der Waals surface area contributed by atoms with Crippen LogP contribution in [0.1, 0.15) is 12.0 Å². The molecule has 0 unspecified atom stereocenters. The maximum atomic E-state index is 10.2. The third-order valence-corrected chi connectivity index (χ3v) is 2.84. The van der Waals surface area contributed by atoms with Gasteiger partial charge in [-0.1, -0.05) is 0 Å². The van der Waals surface area contributed by atoms with E-state index in [4.69, 9.17) is 4.74 Å². The zero-order chi connectivity index (χ0) is 9.68. The highest BCUT2D eigenvalue weighted by atomic mass is 127. The van der Waals surface area contributed by atoms with Gasteiger partial charge in [-0.3, -0.25) is 0 Å².